The molecule has 0 aliphatic heterocycles. The number of amides is 2. The lowest BCUT2D eigenvalue weighted by Crippen LogP contribution is -2.35. The van der Waals surface area contributed by atoms with E-state index in [1.54, 1.807) is 33.8 Å². The van der Waals surface area contributed by atoms with Crippen LogP contribution in [-0.4, -0.2) is 58.7 Å². The number of aliphatic hydroxyl groups is 2. The molecule has 0 saturated heterocycles. The van der Waals surface area contributed by atoms with Gasteiger partial charge in [0, 0.05) is 29.9 Å². The molecule has 18 heteroatoms. The van der Waals surface area contributed by atoms with E-state index >= 15 is 0 Å². The molecule has 0 atom stereocenters. The number of fused-ring (bicyclic) bond motifs is 4. The van der Waals surface area contributed by atoms with Crippen LogP contribution in [0, 0.1) is 0 Å². The second-order valence-electron chi connectivity index (χ2n) is 18.2. The van der Waals surface area contributed by atoms with Crippen LogP contribution < -0.4 is 15.2 Å². The summed E-state index contributed by atoms with van der Waals surface area (Å²) < 4.78 is 53.1. The predicted molar refractivity (Wildman–Crippen MR) is 235 cm³/mol. The molecule has 0 spiro atoms. The number of hydrogen-bond donors (Lipinski definition) is 5. The second-order valence-corrected chi connectivity index (χ2v) is 21.3. The summed E-state index contributed by atoms with van der Waals surface area (Å²) in [6.07, 6.45) is 14.5. The van der Waals surface area contributed by atoms with E-state index in [1.807, 2.05) is 27.7 Å². The van der Waals surface area contributed by atoms with E-state index in [-0.39, 0.29) is 22.1 Å². The summed E-state index contributed by atoms with van der Waals surface area (Å²) in [6, 6.07) is 6.20. The molecular formula is C44H60N8O8S2. The fraction of sp³-hybridized carbons (Fsp3) is 0.545. The fourth-order valence-electron chi connectivity index (χ4n) is 8.96. The minimum atomic E-state index is -4.21. The number of urea groups is 1. The largest absolute Gasteiger partial charge is 0.384 e. The van der Waals surface area contributed by atoms with Crippen LogP contribution in [0.25, 0.3) is 0 Å². The quantitative estimate of drug-likeness (QED) is 0.0949. The van der Waals surface area contributed by atoms with Crippen LogP contribution >= 0.6 is 0 Å². The number of carbonyl (C=O) groups excluding carboxylic acids is 2. The van der Waals surface area contributed by atoms with Crippen molar-refractivity contribution in [2.75, 3.05) is 5.32 Å². The maximum absolute atomic E-state index is 12.9. The first kappa shape index (κ1) is 46.8. The summed E-state index contributed by atoms with van der Waals surface area (Å²) in [6.45, 7) is 13.6. The molecule has 2 heterocycles. The molecule has 0 radical (unpaired) electrons. The Morgan fingerprint density at radius 2 is 1.08 bits per heavy atom. The van der Waals surface area contributed by atoms with Crippen molar-refractivity contribution >= 4 is 43.5 Å². The van der Waals surface area contributed by atoms with Crippen molar-refractivity contribution in [1.82, 2.24) is 24.3 Å². The molecule has 4 aromatic rings. The Hall–Kier alpha value is -4.71. The van der Waals surface area contributed by atoms with Crippen LogP contribution in [0.2, 0.25) is 0 Å². The Labute approximate surface area is 364 Å². The number of aromatic nitrogens is 4. The molecule has 0 saturated carbocycles. The first-order valence-corrected chi connectivity index (χ1v) is 24.4. The molecule has 4 aliphatic rings. The molecule has 62 heavy (non-hydrogen) atoms. The van der Waals surface area contributed by atoms with Crippen LogP contribution in [0.15, 0.2) is 39.3 Å². The van der Waals surface area contributed by atoms with Gasteiger partial charge in [-0.3, -0.25) is 9.36 Å². The van der Waals surface area contributed by atoms with Gasteiger partial charge in [-0.1, -0.05) is 12.1 Å². The molecule has 336 valence electrons. The average molecular weight is 893 g/mol. The van der Waals surface area contributed by atoms with Gasteiger partial charge < -0.3 is 15.5 Å². The molecule has 0 fully saturated rings. The third-order valence-electron chi connectivity index (χ3n) is 11.8. The summed E-state index contributed by atoms with van der Waals surface area (Å²) in [7, 11) is -8.05. The van der Waals surface area contributed by atoms with Crippen molar-refractivity contribution in [3.05, 3.63) is 80.2 Å². The van der Waals surface area contributed by atoms with Crippen molar-refractivity contribution in [2.24, 2.45) is 10.1 Å². The highest BCUT2D eigenvalue weighted by molar-refractivity contribution is 7.90. The maximum atomic E-state index is 12.9. The Balaban J connectivity index is 0.000000173. The topological polar surface area (TPSA) is 241 Å². The van der Waals surface area contributed by atoms with Crippen molar-refractivity contribution in [1.29, 1.82) is 0 Å². The van der Waals surface area contributed by atoms with E-state index in [9.17, 15) is 36.6 Å². The predicted octanol–water partition coefficient (Wildman–Crippen LogP) is 6.15. The van der Waals surface area contributed by atoms with Gasteiger partial charge in [-0.05, 0) is 177 Å². The molecule has 2 aromatic carbocycles. The number of primary sulfonamides is 1. The van der Waals surface area contributed by atoms with Crippen LogP contribution in [0.4, 0.5) is 16.2 Å². The molecular weight excluding hydrogens is 833 g/mol. The lowest BCUT2D eigenvalue weighted by atomic mass is 9.99. The smallest absolute Gasteiger partial charge is 0.333 e. The van der Waals surface area contributed by atoms with Gasteiger partial charge in [0.05, 0.1) is 17.1 Å². The average Bonchev–Trinajstić information content (AvgIpc) is 4.01. The zero-order chi connectivity index (χ0) is 45.5. The number of carbonyl (C=O) groups is 1. The SMILES string of the molecule is CC(C)n1nc(S(=O)(=O)NC(=O)Nc2c3c(cc4c2CCC4)CCC3)cc1C(C)(C)O.CC(C)n1nc(S(N)(=O)=O)cc1C(C)(C)O.O=C=Nc1c2c(cc3c1CCC3)CCC2. The van der Waals surface area contributed by atoms with Gasteiger partial charge in [-0.15, -0.1) is 0 Å². The normalized spacial score (nSPS) is 15.5. The van der Waals surface area contributed by atoms with Crippen molar-refractivity contribution in [2.45, 2.75) is 166 Å². The molecule has 0 bridgehead atoms. The van der Waals surface area contributed by atoms with E-state index in [0.717, 1.165) is 86.7 Å². The Bertz CT molecular complexity index is 2580. The standard InChI is InChI=1S/C22H30N4O4S.C13H13NO.C9H17N3O3S/c1-13(2)26-18(22(3,4)28)12-19(24-26)31(29,30)25-21(27)23-20-16-9-5-7-14(16)11-15-8-6-10-17(15)20;15-8-14-13-11-5-1-3-9(11)7-10-4-2-6-12(10)13;1-6(2)12-7(9(3,4)13)5-8(11-12)16(10,14)15/h11-13,28H,5-10H2,1-4H3,(H2,23,25,27);7H,1-6H2;5-6,13H,1-4H3,(H2,10,14,15). The second kappa shape index (κ2) is 17.8. The molecule has 4 aliphatic carbocycles. The minimum Gasteiger partial charge on any atom is -0.384 e. The van der Waals surface area contributed by atoms with Gasteiger partial charge in [0.15, 0.2) is 10.1 Å². The number of nitrogens with one attached hydrogen (secondary N) is 2. The molecule has 8 rings (SSSR count). The summed E-state index contributed by atoms with van der Waals surface area (Å²) >= 11 is 0. The number of nitrogens with zero attached hydrogens (tertiary/aromatic N) is 5. The van der Waals surface area contributed by atoms with Gasteiger partial charge in [0.2, 0.25) is 6.08 Å². The highest BCUT2D eigenvalue weighted by Crippen LogP contribution is 2.41. The number of sulfonamides is 2. The molecule has 2 aromatic heterocycles. The van der Waals surface area contributed by atoms with Crippen molar-refractivity contribution < 1.29 is 36.6 Å². The highest BCUT2D eigenvalue weighted by atomic mass is 32.2. The van der Waals surface area contributed by atoms with Crippen molar-refractivity contribution in [3.63, 3.8) is 0 Å². The zero-order valence-corrected chi connectivity index (χ0v) is 38.6. The number of aliphatic imine (C=N–C) groups is 1. The number of isocyanates is 1. The molecule has 16 nitrogen and oxygen atoms in total. The Kier molecular flexibility index (Phi) is 13.4. The lowest BCUT2D eigenvalue weighted by Gasteiger charge is -2.20. The molecule has 0 unspecified atom stereocenters. The third kappa shape index (κ3) is 10.1. The van der Waals surface area contributed by atoms with Crippen molar-refractivity contribution in [3.8, 4) is 0 Å². The van der Waals surface area contributed by atoms with Crippen LogP contribution in [0.5, 0.6) is 0 Å². The molecule has 6 N–H and O–H groups in total. The fourth-order valence-corrected chi connectivity index (χ4v) is 10.3. The first-order chi connectivity index (χ1) is 28.9. The number of hydrogen-bond acceptors (Lipinski definition) is 11. The van der Waals surface area contributed by atoms with E-state index in [4.69, 9.17) is 5.14 Å². The summed E-state index contributed by atoms with van der Waals surface area (Å²) in [5.74, 6) is 0. The van der Waals surface area contributed by atoms with Gasteiger partial charge in [0.1, 0.15) is 11.2 Å². The molecule has 2 amide bonds. The van der Waals surface area contributed by atoms with Gasteiger partial charge in [-0.2, -0.15) is 23.6 Å². The van der Waals surface area contributed by atoms with Gasteiger partial charge >= 0.3 is 6.03 Å². The van der Waals surface area contributed by atoms with E-state index in [2.05, 4.69) is 37.4 Å². The summed E-state index contributed by atoms with van der Waals surface area (Å²) in [4.78, 5) is 27.2. The Morgan fingerprint density at radius 1 is 0.694 bits per heavy atom. The van der Waals surface area contributed by atoms with Gasteiger partial charge in [-0.25, -0.2) is 27.9 Å². The van der Waals surface area contributed by atoms with Crippen LogP contribution in [0.1, 0.15) is 149 Å². The number of anilines is 1. The highest BCUT2D eigenvalue weighted by Gasteiger charge is 2.32. The minimum absolute atomic E-state index is 0.0584. The van der Waals surface area contributed by atoms with Gasteiger partial charge in [0.25, 0.3) is 20.0 Å². The third-order valence-corrected chi connectivity index (χ3v) is 13.7. The number of benzene rings is 2. The zero-order valence-electron chi connectivity index (χ0n) is 36.9. The van der Waals surface area contributed by atoms with Crippen LogP contribution in [0.3, 0.4) is 0 Å². The monoisotopic (exact) mass is 892 g/mol. The van der Waals surface area contributed by atoms with E-state index in [0.29, 0.717) is 11.4 Å². The first-order valence-electron chi connectivity index (χ1n) is 21.3. The number of aryl methyl sites for hydroxylation is 4. The summed E-state index contributed by atoms with van der Waals surface area (Å²) in [5, 5.41) is 35.6. The Morgan fingerprint density at radius 3 is 1.45 bits per heavy atom. The van der Waals surface area contributed by atoms with E-state index < -0.39 is 37.3 Å². The summed E-state index contributed by atoms with van der Waals surface area (Å²) in [5.41, 5.74) is 10.3. The van der Waals surface area contributed by atoms with E-state index in [1.165, 1.54) is 67.7 Å². The maximum Gasteiger partial charge on any atom is 0.333 e. The van der Waals surface area contributed by atoms with Crippen LogP contribution in [-0.2, 0) is 87.4 Å². The lowest BCUT2D eigenvalue weighted by molar-refractivity contribution is 0.0664. The number of rotatable bonds is 9. The number of nitrogens with two attached hydrogens (primary N) is 1.